The van der Waals surface area contributed by atoms with E-state index in [2.05, 4.69) is 10.2 Å². The molecule has 0 aliphatic carbocycles. The number of H-pyrrole nitrogens is 1. The molecule has 1 N–H and O–H groups in total. The van der Waals surface area contributed by atoms with Crippen LogP contribution in [0.1, 0.15) is 19.0 Å². The van der Waals surface area contributed by atoms with Gasteiger partial charge in [-0.05, 0) is 44.2 Å². The van der Waals surface area contributed by atoms with Gasteiger partial charge < -0.3 is 4.90 Å². The van der Waals surface area contributed by atoms with E-state index >= 15 is 0 Å². The number of carbonyl (C=O) groups is 1. The number of benzene rings is 1. The van der Waals surface area contributed by atoms with Crippen molar-refractivity contribution in [2.75, 3.05) is 19.8 Å². The van der Waals surface area contributed by atoms with E-state index in [1.54, 1.807) is 22.7 Å². The van der Waals surface area contributed by atoms with Gasteiger partial charge in [0.1, 0.15) is 5.82 Å². The van der Waals surface area contributed by atoms with Crippen molar-refractivity contribution in [1.82, 2.24) is 15.1 Å². The summed E-state index contributed by atoms with van der Waals surface area (Å²) < 4.78 is 13.2. The second kappa shape index (κ2) is 8.15. The molecule has 1 amide bonds. The molecule has 0 fully saturated rings. The Hall–Kier alpha value is -1.82. The molecule has 4 nitrogen and oxygen atoms in total. The van der Waals surface area contributed by atoms with Crippen LogP contribution in [0.2, 0.25) is 0 Å². The Balaban J connectivity index is 1.87. The molecule has 23 heavy (non-hydrogen) atoms. The molecule has 0 unspecified atom stereocenters. The van der Waals surface area contributed by atoms with E-state index in [9.17, 15) is 9.18 Å². The summed E-state index contributed by atoms with van der Waals surface area (Å²) in [5, 5.41) is 7.20. The molecule has 124 valence electrons. The molecule has 0 aliphatic heterocycles. The van der Waals surface area contributed by atoms with Crippen molar-refractivity contribution in [3.05, 3.63) is 41.8 Å². The second-order valence-electron chi connectivity index (χ2n) is 5.53. The molecule has 6 heteroatoms. The zero-order valence-electron chi connectivity index (χ0n) is 13.7. The fourth-order valence-corrected chi connectivity index (χ4v) is 2.69. The third kappa shape index (κ3) is 4.82. The normalized spacial score (nSPS) is 12.2. The van der Waals surface area contributed by atoms with Crippen LogP contribution >= 0.6 is 11.8 Å². The third-order valence-electron chi connectivity index (χ3n) is 3.77. The predicted octanol–water partition coefficient (Wildman–Crippen LogP) is 3.36. The molecule has 1 atom stereocenters. The van der Waals surface area contributed by atoms with Crippen molar-refractivity contribution in [3.63, 3.8) is 0 Å². The van der Waals surface area contributed by atoms with Crippen LogP contribution in [0.15, 0.2) is 30.3 Å². The molecule has 2 aromatic rings. The lowest BCUT2D eigenvalue weighted by Crippen LogP contribution is -2.34. The highest BCUT2D eigenvalue weighted by atomic mass is 32.2. The molecule has 0 saturated carbocycles. The van der Waals surface area contributed by atoms with Crippen LogP contribution in [-0.4, -0.2) is 46.1 Å². The van der Waals surface area contributed by atoms with Crippen LogP contribution in [0.4, 0.5) is 4.39 Å². The highest BCUT2D eigenvalue weighted by Crippen LogP contribution is 2.19. The molecule has 0 spiro atoms. The predicted molar refractivity (Wildman–Crippen MR) is 92.9 cm³/mol. The molecular weight excluding hydrogens is 313 g/mol. The van der Waals surface area contributed by atoms with Crippen LogP contribution in [0.25, 0.3) is 11.3 Å². The Morgan fingerprint density at radius 2 is 2.22 bits per heavy atom. The lowest BCUT2D eigenvalue weighted by atomic mass is 10.1. The minimum absolute atomic E-state index is 0.00765. The summed E-state index contributed by atoms with van der Waals surface area (Å²) in [6.45, 7) is 2.63. The topological polar surface area (TPSA) is 49.0 Å². The van der Waals surface area contributed by atoms with Gasteiger partial charge in [0.15, 0.2) is 0 Å². The molecule has 2 rings (SSSR count). The lowest BCUT2D eigenvalue weighted by Gasteiger charge is -2.20. The maximum Gasteiger partial charge on any atom is 0.235 e. The first-order valence-electron chi connectivity index (χ1n) is 7.59. The summed E-state index contributed by atoms with van der Waals surface area (Å²) in [7, 11) is 1.83. The number of hydrogen-bond acceptors (Lipinski definition) is 3. The second-order valence-corrected chi connectivity index (χ2v) is 6.71. The summed E-state index contributed by atoms with van der Waals surface area (Å²) in [5.74, 6) is -0.113. The van der Waals surface area contributed by atoms with Crippen LogP contribution in [0.3, 0.4) is 0 Å². The number of carbonyl (C=O) groups excluding carboxylic acids is 1. The van der Waals surface area contributed by atoms with Gasteiger partial charge in [-0.15, -0.1) is 0 Å². The zero-order valence-corrected chi connectivity index (χ0v) is 14.5. The van der Waals surface area contributed by atoms with E-state index in [1.807, 2.05) is 32.4 Å². The van der Waals surface area contributed by atoms with Crippen LogP contribution in [-0.2, 0) is 11.2 Å². The fourth-order valence-electron chi connectivity index (χ4n) is 2.31. The maximum absolute atomic E-state index is 13.2. The largest absolute Gasteiger partial charge is 0.345 e. The summed E-state index contributed by atoms with van der Waals surface area (Å²) >= 11 is 1.56. The van der Waals surface area contributed by atoms with Gasteiger partial charge in [0.2, 0.25) is 5.91 Å². The lowest BCUT2D eigenvalue weighted by molar-refractivity contribution is -0.129. The SMILES string of the molecule is CS[C@@H](C)C(=O)N(C)CCCc1cc(-c2cccc(F)c2)n[nH]1. The summed E-state index contributed by atoms with van der Waals surface area (Å²) in [6, 6.07) is 8.32. The zero-order chi connectivity index (χ0) is 16.8. The molecule has 1 aromatic carbocycles. The van der Waals surface area contributed by atoms with Crippen LogP contribution in [0.5, 0.6) is 0 Å². The van der Waals surface area contributed by atoms with Crippen molar-refractivity contribution in [1.29, 1.82) is 0 Å². The number of halogens is 1. The molecule has 1 aromatic heterocycles. The van der Waals surface area contributed by atoms with E-state index in [4.69, 9.17) is 0 Å². The summed E-state index contributed by atoms with van der Waals surface area (Å²) in [5.41, 5.74) is 2.48. The Morgan fingerprint density at radius 1 is 1.43 bits per heavy atom. The third-order valence-corrected chi connectivity index (χ3v) is 4.68. The van der Waals surface area contributed by atoms with E-state index < -0.39 is 0 Å². The van der Waals surface area contributed by atoms with Gasteiger partial charge >= 0.3 is 0 Å². The van der Waals surface area contributed by atoms with Gasteiger partial charge in [0.05, 0.1) is 10.9 Å². The molecule has 0 aliphatic rings. The number of aryl methyl sites for hydroxylation is 1. The summed E-state index contributed by atoms with van der Waals surface area (Å²) in [4.78, 5) is 13.8. The molecular formula is C17H22FN3OS. The van der Waals surface area contributed by atoms with Gasteiger partial charge in [-0.1, -0.05) is 12.1 Å². The summed E-state index contributed by atoms with van der Waals surface area (Å²) in [6.07, 6.45) is 3.59. The average molecular weight is 335 g/mol. The number of aromatic amines is 1. The fraction of sp³-hybridized carbons (Fsp3) is 0.412. The van der Waals surface area contributed by atoms with Crippen molar-refractivity contribution in [2.24, 2.45) is 0 Å². The first-order chi connectivity index (χ1) is 11.0. The highest BCUT2D eigenvalue weighted by Gasteiger charge is 2.15. The van der Waals surface area contributed by atoms with Crippen molar-refractivity contribution >= 4 is 17.7 Å². The van der Waals surface area contributed by atoms with Gasteiger partial charge in [0.25, 0.3) is 0 Å². The Morgan fingerprint density at radius 3 is 2.91 bits per heavy atom. The Kier molecular flexibility index (Phi) is 6.21. The number of amides is 1. The van der Waals surface area contributed by atoms with Gasteiger partial charge in [0, 0.05) is 24.8 Å². The van der Waals surface area contributed by atoms with E-state index in [-0.39, 0.29) is 17.0 Å². The first-order valence-corrected chi connectivity index (χ1v) is 8.88. The smallest absolute Gasteiger partial charge is 0.235 e. The van der Waals surface area contributed by atoms with E-state index in [0.29, 0.717) is 6.54 Å². The van der Waals surface area contributed by atoms with Gasteiger partial charge in [-0.25, -0.2) is 4.39 Å². The molecule has 0 saturated heterocycles. The molecule has 1 heterocycles. The van der Waals surface area contributed by atoms with Crippen molar-refractivity contribution in [2.45, 2.75) is 25.0 Å². The van der Waals surface area contributed by atoms with Crippen molar-refractivity contribution in [3.8, 4) is 11.3 Å². The number of aromatic nitrogens is 2. The van der Waals surface area contributed by atoms with Gasteiger partial charge in [-0.3, -0.25) is 9.89 Å². The van der Waals surface area contributed by atoms with E-state index in [0.717, 1.165) is 29.8 Å². The Labute approximate surface area is 140 Å². The van der Waals surface area contributed by atoms with Gasteiger partial charge in [-0.2, -0.15) is 16.9 Å². The van der Waals surface area contributed by atoms with Crippen LogP contribution < -0.4 is 0 Å². The number of hydrogen-bond donors (Lipinski definition) is 1. The maximum atomic E-state index is 13.2. The van der Waals surface area contributed by atoms with Crippen molar-refractivity contribution < 1.29 is 9.18 Å². The minimum Gasteiger partial charge on any atom is -0.345 e. The van der Waals surface area contributed by atoms with Crippen LogP contribution in [0, 0.1) is 5.82 Å². The average Bonchev–Trinajstić information content (AvgIpc) is 3.02. The number of thioether (sulfide) groups is 1. The number of nitrogens with one attached hydrogen (secondary N) is 1. The molecule has 0 bridgehead atoms. The highest BCUT2D eigenvalue weighted by molar-refractivity contribution is 7.99. The monoisotopic (exact) mass is 335 g/mol. The minimum atomic E-state index is -0.268. The number of rotatable bonds is 7. The quantitative estimate of drug-likeness (QED) is 0.844. The number of nitrogens with zero attached hydrogens (tertiary/aromatic N) is 2. The molecule has 0 radical (unpaired) electrons. The first kappa shape index (κ1) is 17.5. The van der Waals surface area contributed by atoms with E-state index in [1.165, 1.54) is 12.1 Å². The Bertz CT molecular complexity index is 659. The standard InChI is InChI=1S/C17H22FN3OS/c1-12(23-3)17(22)21(2)9-5-8-15-11-16(20-19-15)13-6-4-7-14(18)10-13/h4,6-7,10-12H,5,8-9H2,1-3H3,(H,19,20)/t12-/m0/s1.